The summed E-state index contributed by atoms with van der Waals surface area (Å²) in [6, 6.07) is 10.0. The number of pyridine rings is 1. The third kappa shape index (κ3) is 1.87. The van der Waals surface area contributed by atoms with E-state index in [4.69, 9.17) is 9.47 Å². The lowest BCUT2D eigenvalue weighted by Crippen LogP contribution is -1.93. The van der Waals surface area contributed by atoms with E-state index >= 15 is 0 Å². The first-order chi connectivity index (χ1) is 7.93. The monoisotopic (exact) mass is 233 g/mol. The molecule has 3 heterocycles. The summed E-state index contributed by atoms with van der Waals surface area (Å²) in [6.45, 7) is 1.36. The Morgan fingerprint density at radius 3 is 2.75 bits per heavy atom. The van der Waals surface area contributed by atoms with Gasteiger partial charge in [-0.15, -0.1) is 11.3 Å². The molecule has 2 aromatic rings. The molecule has 1 aliphatic heterocycles. The molecule has 1 aliphatic rings. The maximum Gasteiger partial charge on any atom is 0.193 e. The van der Waals surface area contributed by atoms with E-state index < -0.39 is 0 Å². The van der Waals surface area contributed by atoms with E-state index in [0.29, 0.717) is 13.2 Å². The molecule has 82 valence electrons. The van der Waals surface area contributed by atoms with Gasteiger partial charge in [-0.1, -0.05) is 6.07 Å². The second-order valence-corrected chi connectivity index (χ2v) is 4.61. The molecule has 2 aromatic heterocycles. The smallest absolute Gasteiger partial charge is 0.193 e. The maximum atomic E-state index is 5.46. The second-order valence-electron chi connectivity index (χ2n) is 3.49. The quantitative estimate of drug-likeness (QED) is 0.799. The van der Waals surface area contributed by atoms with Gasteiger partial charge in [0.2, 0.25) is 0 Å². The molecule has 0 bridgehead atoms. The summed E-state index contributed by atoms with van der Waals surface area (Å²) < 4.78 is 10.9. The zero-order chi connectivity index (χ0) is 10.8. The molecule has 0 N–H and O–H groups in total. The van der Waals surface area contributed by atoms with E-state index in [1.165, 1.54) is 0 Å². The largest absolute Gasteiger partial charge is 0.345 e. The van der Waals surface area contributed by atoms with Crippen molar-refractivity contribution in [3.8, 4) is 10.6 Å². The Balaban J connectivity index is 1.87. The first kappa shape index (κ1) is 9.96. The molecule has 0 unspecified atom stereocenters. The van der Waals surface area contributed by atoms with Crippen LogP contribution in [0.25, 0.3) is 10.6 Å². The van der Waals surface area contributed by atoms with Crippen molar-refractivity contribution in [1.82, 2.24) is 4.98 Å². The zero-order valence-corrected chi connectivity index (χ0v) is 9.44. The van der Waals surface area contributed by atoms with E-state index in [9.17, 15) is 0 Å². The minimum Gasteiger partial charge on any atom is -0.345 e. The Kier molecular flexibility index (Phi) is 2.70. The maximum absolute atomic E-state index is 5.46. The lowest BCUT2D eigenvalue weighted by molar-refractivity contribution is -0.0413. The number of rotatable bonds is 2. The van der Waals surface area contributed by atoms with Crippen molar-refractivity contribution in [2.45, 2.75) is 6.29 Å². The van der Waals surface area contributed by atoms with E-state index in [0.717, 1.165) is 15.4 Å². The van der Waals surface area contributed by atoms with Crippen LogP contribution in [0, 0.1) is 0 Å². The Bertz CT molecular complexity index is 463. The summed E-state index contributed by atoms with van der Waals surface area (Å²) in [6.07, 6.45) is 1.62. The third-order valence-corrected chi connectivity index (χ3v) is 3.53. The molecule has 0 atom stereocenters. The van der Waals surface area contributed by atoms with Gasteiger partial charge in [0.25, 0.3) is 0 Å². The first-order valence-electron chi connectivity index (χ1n) is 5.18. The number of hydrogen-bond acceptors (Lipinski definition) is 4. The lowest BCUT2D eigenvalue weighted by atomic mass is 10.3. The minimum atomic E-state index is -0.178. The average molecular weight is 233 g/mol. The number of aromatic nitrogens is 1. The van der Waals surface area contributed by atoms with Gasteiger partial charge in [0, 0.05) is 6.20 Å². The summed E-state index contributed by atoms with van der Waals surface area (Å²) in [4.78, 5) is 6.57. The van der Waals surface area contributed by atoms with Gasteiger partial charge >= 0.3 is 0 Å². The van der Waals surface area contributed by atoms with Crippen molar-refractivity contribution in [3.05, 3.63) is 41.4 Å². The second kappa shape index (κ2) is 4.33. The molecule has 16 heavy (non-hydrogen) atoms. The number of hydrogen-bond donors (Lipinski definition) is 0. The standard InChI is InChI=1S/C12H11NO2S/c1-2-6-13-9(3-1)10-4-5-11(16-10)12-14-7-8-15-12/h1-6,12H,7-8H2. The summed E-state index contributed by atoms with van der Waals surface area (Å²) in [5, 5.41) is 0. The van der Waals surface area contributed by atoms with E-state index in [2.05, 4.69) is 11.1 Å². The third-order valence-electron chi connectivity index (χ3n) is 2.40. The molecule has 0 spiro atoms. The predicted molar refractivity (Wildman–Crippen MR) is 62.2 cm³/mol. The van der Waals surface area contributed by atoms with Gasteiger partial charge in [-0.2, -0.15) is 0 Å². The topological polar surface area (TPSA) is 31.4 Å². The zero-order valence-electron chi connectivity index (χ0n) is 8.63. The molecule has 0 saturated carbocycles. The van der Waals surface area contributed by atoms with Crippen molar-refractivity contribution >= 4 is 11.3 Å². The molecule has 4 heteroatoms. The van der Waals surface area contributed by atoms with Crippen molar-refractivity contribution in [2.24, 2.45) is 0 Å². The predicted octanol–water partition coefficient (Wildman–Crippen LogP) is 2.86. The van der Waals surface area contributed by atoms with Crippen LogP contribution in [0.5, 0.6) is 0 Å². The first-order valence-corrected chi connectivity index (χ1v) is 5.99. The average Bonchev–Trinajstić information content (AvgIpc) is 3.01. The summed E-state index contributed by atoms with van der Waals surface area (Å²) >= 11 is 1.67. The van der Waals surface area contributed by atoms with Crippen LogP contribution >= 0.6 is 11.3 Å². The van der Waals surface area contributed by atoms with Crippen LogP contribution in [0.15, 0.2) is 36.5 Å². The van der Waals surface area contributed by atoms with Gasteiger partial charge < -0.3 is 9.47 Å². The van der Waals surface area contributed by atoms with Gasteiger partial charge in [0.15, 0.2) is 6.29 Å². The molecule has 0 amide bonds. The van der Waals surface area contributed by atoms with Crippen LogP contribution in [0.1, 0.15) is 11.2 Å². The highest BCUT2D eigenvalue weighted by Crippen LogP contribution is 2.33. The van der Waals surface area contributed by atoms with Crippen LogP contribution in [-0.4, -0.2) is 18.2 Å². The fourth-order valence-electron chi connectivity index (χ4n) is 1.65. The molecule has 0 radical (unpaired) electrons. The van der Waals surface area contributed by atoms with Crippen molar-refractivity contribution < 1.29 is 9.47 Å². The minimum absolute atomic E-state index is 0.178. The highest BCUT2D eigenvalue weighted by molar-refractivity contribution is 7.15. The Morgan fingerprint density at radius 1 is 1.12 bits per heavy atom. The van der Waals surface area contributed by atoms with Crippen molar-refractivity contribution in [1.29, 1.82) is 0 Å². The van der Waals surface area contributed by atoms with E-state index in [1.54, 1.807) is 17.5 Å². The number of thiophene rings is 1. The number of ether oxygens (including phenoxy) is 2. The van der Waals surface area contributed by atoms with Crippen molar-refractivity contribution in [2.75, 3.05) is 13.2 Å². The van der Waals surface area contributed by atoms with Gasteiger partial charge in [-0.25, -0.2) is 0 Å². The van der Waals surface area contributed by atoms with E-state index in [1.807, 2.05) is 24.3 Å². The van der Waals surface area contributed by atoms with Crippen LogP contribution in [0.3, 0.4) is 0 Å². The fourth-order valence-corrected chi connectivity index (χ4v) is 2.63. The summed E-state index contributed by atoms with van der Waals surface area (Å²) in [5.74, 6) is 0. The molecule has 3 nitrogen and oxygen atoms in total. The van der Waals surface area contributed by atoms with Crippen LogP contribution in [0.4, 0.5) is 0 Å². The number of nitrogens with zero attached hydrogens (tertiary/aromatic N) is 1. The Labute approximate surface area is 97.7 Å². The van der Waals surface area contributed by atoms with Gasteiger partial charge in [-0.05, 0) is 24.3 Å². The normalized spacial score (nSPS) is 16.8. The van der Waals surface area contributed by atoms with Gasteiger partial charge in [-0.3, -0.25) is 4.98 Å². The highest BCUT2D eigenvalue weighted by atomic mass is 32.1. The summed E-state index contributed by atoms with van der Waals surface area (Å²) in [5.41, 5.74) is 0.997. The molecule has 0 aromatic carbocycles. The molecule has 3 rings (SSSR count). The fraction of sp³-hybridized carbons (Fsp3) is 0.250. The van der Waals surface area contributed by atoms with Crippen LogP contribution in [0.2, 0.25) is 0 Å². The molecular weight excluding hydrogens is 222 g/mol. The Morgan fingerprint density at radius 2 is 2.00 bits per heavy atom. The highest BCUT2D eigenvalue weighted by Gasteiger charge is 2.20. The van der Waals surface area contributed by atoms with Crippen LogP contribution < -0.4 is 0 Å². The molecule has 1 fully saturated rings. The summed E-state index contributed by atoms with van der Waals surface area (Å²) in [7, 11) is 0. The van der Waals surface area contributed by atoms with E-state index in [-0.39, 0.29) is 6.29 Å². The van der Waals surface area contributed by atoms with Gasteiger partial charge in [0.05, 0.1) is 28.7 Å². The molecule has 0 aliphatic carbocycles. The Hall–Kier alpha value is -1.23. The molecule has 1 saturated heterocycles. The lowest BCUT2D eigenvalue weighted by Gasteiger charge is -2.04. The molecular formula is C12H11NO2S. The van der Waals surface area contributed by atoms with Crippen LogP contribution in [-0.2, 0) is 9.47 Å². The SMILES string of the molecule is c1ccc(-c2ccc(C3OCCO3)s2)nc1. The van der Waals surface area contributed by atoms with Gasteiger partial charge in [0.1, 0.15) is 0 Å². The van der Waals surface area contributed by atoms with Crippen molar-refractivity contribution in [3.63, 3.8) is 0 Å².